The Morgan fingerprint density at radius 1 is 1.00 bits per heavy atom. The standard InChI is InChI=1S/C9H16N2.2C2HF3O2/c1-2-7(1)3-9-4-8(5-11-9)10-6-9;2*3-2(4,5)1(6)7/h7-8,10-11H,1-6H2;2*(H,6,7)/t8-,9-;;/m0../s1. The molecule has 2 saturated heterocycles. The summed E-state index contributed by atoms with van der Waals surface area (Å²) in [7, 11) is 0. The van der Waals surface area contributed by atoms with Crippen LogP contribution in [0.2, 0.25) is 0 Å². The van der Waals surface area contributed by atoms with Gasteiger partial charge in [0.15, 0.2) is 0 Å². The van der Waals surface area contributed by atoms with Crippen molar-refractivity contribution < 1.29 is 46.1 Å². The molecule has 0 aromatic rings. The number of carbonyl (C=O) groups is 2. The molecule has 2 aliphatic heterocycles. The molecule has 0 amide bonds. The number of carboxylic acids is 2. The van der Waals surface area contributed by atoms with E-state index in [0.29, 0.717) is 5.54 Å². The summed E-state index contributed by atoms with van der Waals surface area (Å²) in [6.45, 7) is 2.45. The molecule has 3 rings (SSSR count). The highest BCUT2D eigenvalue weighted by Crippen LogP contribution is 2.41. The van der Waals surface area contributed by atoms with Gasteiger partial charge in [-0.15, -0.1) is 0 Å². The molecule has 3 aliphatic rings. The van der Waals surface area contributed by atoms with Crippen molar-refractivity contribution in [3.63, 3.8) is 0 Å². The van der Waals surface area contributed by atoms with Crippen LogP contribution in [0.4, 0.5) is 26.3 Å². The van der Waals surface area contributed by atoms with Crippen molar-refractivity contribution in [3.05, 3.63) is 0 Å². The molecule has 146 valence electrons. The second kappa shape index (κ2) is 7.77. The van der Waals surface area contributed by atoms with Gasteiger partial charge in [-0.25, -0.2) is 9.59 Å². The number of nitrogens with one attached hydrogen (secondary N) is 2. The molecule has 1 saturated carbocycles. The Kier molecular flexibility index (Phi) is 6.68. The smallest absolute Gasteiger partial charge is 0.475 e. The van der Waals surface area contributed by atoms with E-state index in [0.717, 1.165) is 12.0 Å². The van der Waals surface area contributed by atoms with Crippen molar-refractivity contribution in [3.8, 4) is 0 Å². The van der Waals surface area contributed by atoms with Crippen LogP contribution in [0.5, 0.6) is 0 Å². The van der Waals surface area contributed by atoms with Crippen LogP contribution >= 0.6 is 0 Å². The summed E-state index contributed by atoms with van der Waals surface area (Å²) >= 11 is 0. The predicted molar refractivity (Wildman–Crippen MR) is 71.9 cm³/mol. The van der Waals surface area contributed by atoms with Crippen LogP contribution < -0.4 is 10.6 Å². The molecule has 2 heterocycles. The van der Waals surface area contributed by atoms with E-state index < -0.39 is 24.3 Å². The lowest BCUT2D eigenvalue weighted by Gasteiger charge is -2.27. The number of halogens is 6. The van der Waals surface area contributed by atoms with E-state index in [-0.39, 0.29) is 0 Å². The summed E-state index contributed by atoms with van der Waals surface area (Å²) in [5.41, 5.74) is 0.534. The number of aliphatic carboxylic acids is 2. The summed E-state index contributed by atoms with van der Waals surface area (Å²) in [5.74, 6) is -4.44. The summed E-state index contributed by atoms with van der Waals surface area (Å²) in [6, 6.07) is 0.800. The Bertz CT molecular complexity index is 458. The molecule has 0 spiro atoms. The molecule has 6 nitrogen and oxygen atoms in total. The van der Waals surface area contributed by atoms with Crippen LogP contribution in [0.25, 0.3) is 0 Å². The zero-order chi connectivity index (χ0) is 19.5. The minimum Gasteiger partial charge on any atom is -0.475 e. The van der Waals surface area contributed by atoms with E-state index in [2.05, 4.69) is 10.6 Å². The lowest BCUT2D eigenvalue weighted by atomic mass is 9.93. The Morgan fingerprint density at radius 2 is 1.44 bits per heavy atom. The van der Waals surface area contributed by atoms with Gasteiger partial charge in [-0.1, -0.05) is 12.8 Å². The van der Waals surface area contributed by atoms with E-state index in [9.17, 15) is 26.3 Å². The summed E-state index contributed by atoms with van der Waals surface area (Å²) in [5, 5.41) is 21.5. The molecule has 2 bridgehead atoms. The van der Waals surface area contributed by atoms with Gasteiger partial charge in [-0.05, 0) is 18.8 Å². The Balaban J connectivity index is 0.000000199. The van der Waals surface area contributed by atoms with Crippen LogP contribution in [0, 0.1) is 5.92 Å². The molecule has 4 N–H and O–H groups in total. The number of rotatable bonds is 2. The molecule has 0 radical (unpaired) electrons. The predicted octanol–water partition coefficient (Wildman–Crippen LogP) is 1.76. The summed E-state index contributed by atoms with van der Waals surface area (Å²) < 4.78 is 63.5. The summed E-state index contributed by atoms with van der Waals surface area (Å²) in [4.78, 5) is 17.8. The summed E-state index contributed by atoms with van der Waals surface area (Å²) in [6.07, 6.45) is -4.35. The van der Waals surface area contributed by atoms with Gasteiger partial charge in [0, 0.05) is 24.7 Å². The molecule has 3 fully saturated rings. The van der Waals surface area contributed by atoms with Crippen LogP contribution in [-0.4, -0.2) is 59.2 Å². The zero-order valence-corrected chi connectivity index (χ0v) is 12.9. The van der Waals surface area contributed by atoms with Crippen molar-refractivity contribution in [1.29, 1.82) is 0 Å². The second-order valence-corrected chi connectivity index (χ2v) is 6.20. The van der Waals surface area contributed by atoms with Gasteiger partial charge in [-0.2, -0.15) is 26.3 Å². The first-order chi connectivity index (χ1) is 11.3. The number of carboxylic acid groups (broad SMARTS) is 2. The highest BCUT2D eigenvalue weighted by molar-refractivity contribution is 5.73. The maximum Gasteiger partial charge on any atom is 0.490 e. The Labute approximate surface area is 138 Å². The van der Waals surface area contributed by atoms with Crippen molar-refractivity contribution >= 4 is 11.9 Å². The van der Waals surface area contributed by atoms with Gasteiger partial charge in [0.2, 0.25) is 0 Å². The number of piperazine rings is 1. The van der Waals surface area contributed by atoms with Crippen LogP contribution in [-0.2, 0) is 9.59 Å². The highest BCUT2D eigenvalue weighted by Gasteiger charge is 2.46. The Morgan fingerprint density at radius 3 is 1.64 bits per heavy atom. The van der Waals surface area contributed by atoms with Crippen LogP contribution in [0.1, 0.15) is 25.7 Å². The van der Waals surface area contributed by atoms with E-state index in [1.165, 1.54) is 38.8 Å². The molecule has 25 heavy (non-hydrogen) atoms. The minimum absolute atomic E-state index is 0.534. The fraction of sp³-hybridized carbons (Fsp3) is 0.846. The third-order valence-electron chi connectivity index (χ3n) is 3.95. The van der Waals surface area contributed by atoms with Crippen molar-refractivity contribution in [2.45, 2.75) is 49.6 Å². The van der Waals surface area contributed by atoms with E-state index >= 15 is 0 Å². The molecular weight excluding hydrogens is 362 g/mol. The molecule has 0 aromatic heterocycles. The van der Waals surface area contributed by atoms with E-state index in [1.807, 2.05) is 0 Å². The zero-order valence-electron chi connectivity index (χ0n) is 12.9. The average Bonchev–Trinajstić information content (AvgIpc) is 3.04. The average molecular weight is 380 g/mol. The number of hydrogen-bond acceptors (Lipinski definition) is 4. The van der Waals surface area contributed by atoms with Crippen molar-refractivity contribution in [1.82, 2.24) is 10.6 Å². The largest absolute Gasteiger partial charge is 0.490 e. The first-order valence-electron chi connectivity index (χ1n) is 7.34. The van der Waals surface area contributed by atoms with E-state index in [1.54, 1.807) is 0 Å². The van der Waals surface area contributed by atoms with Gasteiger partial charge in [-0.3, -0.25) is 0 Å². The van der Waals surface area contributed by atoms with Gasteiger partial charge in [0.1, 0.15) is 0 Å². The number of fused-ring (bicyclic) bond motifs is 2. The molecule has 0 unspecified atom stereocenters. The molecule has 1 aliphatic carbocycles. The molecule has 0 aromatic carbocycles. The van der Waals surface area contributed by atoms with Crippen LogP contribution in [0.15, 0.2) is 0 Å². The first-order valence-corrected chi connectivity index (χ1v) is 7.34. The van der Waals surface area contributed by atoms with Gasteiger partial charge < -0.3 is 20.8 Å². The highest BCUT2D eigenvalue weighted by atomic mass is 19.4. The molecule has 12 heteroatoms. The van der Waals surface area contributed by atoms with Gasteiger partial charge >= 0.3 is 24.3 Å². The fourth-order valence-electron chi connectivity index (χ4n) is 2.68. The van der Waals surface area contributed by atoms with E-state index in [4.69, 9.17) is 19.8 Å². The second-order valence-electron chi connectivity index (χ2n) is 6.20. The normalized spacial score (nSPS) is 27.7. The maximum absolute atomic E-state index is 10.6. The van der Waals surface area contributed by atoms with Crippen molar-refractivity contribution in [2.75, 3.05) is 13.1 Å². The van der Waals surface area contributed by atoms with Gasteiger partial charge in [0.25, 0.3) is 0 Å². The SMILES string of the molecule is C1CC1C[C@]12CN[C@H](CN1)C2.O=C(O)C(F)(F)F.O=C(O)C(F)(F)F. The lowest BCUT2D eigenvalue weighted by Crippen LogP contribution is -2.49. The number of hydrogen-bond donors (Lipinski definition) is 4. The maximum atomic E-state index is 10.6. The fourth-order valence-corrected chi connectivity index (χ4v) is 2.68. The van der Waals surface area contributed by atoms with Crippen LogP contribution in [0.3, 0.4) is 0 Å². The van der Waals surface area contributed by atoms with Crippen molar-refractivity contribution in [2.24, 2.45) is 5.92 Å². The molecule has 2 atom stereocenters. The van der Waals surface area contributed by atoms with Gasteiger partial charge in [0.05, 0.1) is 0 Å². The molecular formula is C13H18F6N2O4. The first kappa shape index (κ1) is 21.5. The minimum atomic E-state index is -5.08. The third kappa shape index (κ3) is 7.46. The Hall–Kier alpha value is -1.56. The topological polar surface area (TPSA) is 98.7 Å². The quantitative estimate of drug-likeness (QED) is 0.545. The number of alkyl halides is 6. The lowest BCUT2D eigenvalue weighted by molar-refractivity contribution is -0.193. The monoisotopic (exact) mass is 380 g/mol. The third-order valence-corrected chi connectivity index (χ3v) is 3.95.